The van der Waals surface area contributed by atoms with Crippen molar-refractivity contribution in [1.29, 1.82) is 0 Å². The van der Waals surface area contributed by atoms with Crippen LogP contribution in [0.5, 0.6) is 0 Å². The van der Waals surface area contributed by atoms with Crippen LogP contribution < -0.4 is 0 Å². The van der Waals surface area contributed by atoms with Gasteiger partial charge in [-0.2, -0.15) is 0 Å². The first-order valence-corrected chi connectivity index (χ1v) is 7.25. The molecule has 1 aliphatic carbocycles. The van der Waals surface area contributed by atoms with Crippen molar-refractivity contribution in [1.82, 2.24) is 0 Å². The Bertz CT molecular complexity index is 611. The van der Waals surface area contributed by atoms with Gasteiger partial charge in [0.2, 0.25) is 0 Å². The standard InChI is InChI=1S/C18H18S/c1-13-9-15-7-8-16(12-17(15)10-13)18(19)11-14-5-3-2-4-6-14/h2-8,11-13,19H,9-10H2,1H3/b18-11-. The molecule has 0 nitrogen and oxygen atoms in total. The Morgan fingerprint density at radius 1 is 1.05 bits per heavy atom. The first-order chi connectivity index (χ1) is 9.22. The smallest absolute Gasteiger partial charge is 0.0119 e. The lowest BCUT2D eigenvalue weighted by Gasteiger charge is -2.05. The number of fused-ring (bicyclic) bond motifs is 1. The Labute approximate surface area is 120 Å². The Morgan fingerprint density at radius 2 is 1.79 bits per heavy atom. The first-order valence-electron chi connectivity index (χ1n) is 6.80. The summed E-state index contributed by atoms with van der Waals surface area (Å²) in [6.07, 6.45) is 4.55. The molecule has 1 unspecified atom stereocenters. The van der Waals surface area contributed by atoms with Crippen LogP contribution in [0.15, 0.2) is 48.5 Å². The number of hydrogen-bond donors (Lipinski definition) is 1. The van der Waals surface area contributed by atoms with Gasteiger partial charge in [-0.1, -0.05) is 55.5 Å². The van der Waals surface area contributed by atoms with E-state index >= 15 is 0 Å². The van der Waals surface area contributed by atoms with E-state index in [1.807, 2.05) is 6.07 Å². The minimum Gasteiger partial charge on any atom is -0.143 e. The largest absolute Gasteiger partial charge is 0.143 e. The summed E-state index contributed by atoms with van der Waals surface area (Å²) < 4.78 is 0. The molecule has 0 N–H and O–H groups in total. The predicted octanol–water partition coefficient (Wildman–Crippen LogP) is 4.85. The third-order valence-electron chi connectivity index (χ3n) is 3.74. The minimum atomic E-state index is 0.784. The number of hydrogen-bond acceptors (Lipinski definition) is 1. The molecule has 0 heterocycles. The molecule has 1 heteroatoms. The second-order valence-corrected chi connectivity index (χ2v) is 5.92. The summed E-state index contributed by atoms with van der Waals surface area (Å²) in [5, 5.41) is 0. The molecule has 19 heavy (non-hydrogen) atoms. The molecule has 0 aliphatic heterocycles. The fourth-order valence-electron chi connectivity index (χ4n) is 2.79. The molecule has 2 aromatic rings. The zero-order valence-corrected chi connectivity index (χ0v) is 12.0. The molecular weight excluding hydrogens is 248 g/mol. The summed E-state index contributed by atoms with van der Waals surface area (Å²) in [5.74, 6) is 0.784. The van der Waals surface area contributed by atoms with Gasteiger partial charge in [0.1, 0.15) is 0 Å². The molecule has 96 valence electrons. The van der Waals surface area contributed by atoms with E-state index in [0.29, 0.717) is 0 Å². The van der Waals surface area contributed by atoms with Crippen molar-refractivity contribution in [2.45, 2.75) is 19.8 Å². The number of thiol groups is 1. The van der Waals surface area contributed by atoms with Crippen LogP contribution in [-0.4, -0.2) is 0 Å². The summed E-state index contributed by atoms with van der Waals surface area (Å²) in [5.41, 5.74) is 5.43. The second kappa shape index (κ2) is 5.26. The maximum absolute atomic E-state index is 4.66. The molecule has 0 spiro atoms. The van der Waals surface area contributed by atoms with Gasteiger partial charge in [-0.05, 0) is 47.1 Å². The third kappa shape index (κ3) is 2.76. The van der Waals surface area contributed by atoms with Crippen molar-refractivity contribution in [3.8, 4) is 0 Å². The highest BCUT2D eigenvalue weighted by atomic mass is 32.1. The Morgan fingerprint density at radius 3 is 2.58 bits per heavy atom. The Hall–Kier alpha value is -1.47. The highest BCUT2D eigenvalue weighted by molar-refractivity contribution is 7.90. The van der Waals surface area contributed by atoms with Gasteiger partial charge in [-0.25, -0.2) is 0 Å². The topological polar surface area (TPSA) is 0 Å². The Kier molecular flexibility index (Phi) is 3.48. The van der Waals surface area contributed by atoms with Crippen molar-refractivity contribution >= 4 is 23.6 Å². The zero-order chi connectivity index (χ0) is 13.2. The van der Waals surface area contributed by atoms with E-state index in [0.717, 1.165) is 10.8 Å². The van der Waals surface area contributed by atoms with Gasteiger partial charge in [0.25, 0.3) is 0 Å². The minimum absolute atomic E-state index is 0.784. The molecule has 0 radical (unpaired) electrons. The van der Waals surface area contributed by atoms with E-state index < -0.39 is 0 Å². The zero-order valence-electron chi connectivity index (χ0n) is 11.1. The van der Waals surface area contributed by atoms with Crippen molar-refractivity contribution < 1.29 is 0 Å². The number of benzene rings is 2. The normalized spacial score (nSPS) is 18.4. The molecule has 0 saturated carbocycles. The van der Waals surface area contributed by atoms with Crippen LogP contribution in [0, 0.1) is 5.92 Å². The van der Waals surface area contributed by atoms with Gasteiger partial charge in [0.15, 0.2) is 0 Å². The molecule has 0 bridgehead atoms. The lowest BCUT2D eigenvalue weighted by molar-refractivity contribution is 0.628. The quantitative estimate of drug-likeness (QED) is 0.583. The van der Waals surface area contributed by atoms with Crippen LogP contribution in [-0.2, 0) is 12.8 Å². The van der Waals surface area contributed by atoms with Gasteiger partial charge in [-0.15, -0.1) is 12.6 Å². The molecular formula is C18H18S. The molecule has 1 aliphatic rings. The van der Waals surface area contributed by atoms with Crippen LogP contribution >= 0.6 is 12.6 Å². The van der Waals surface area contributed by atoms with E-state index in [-0.39, 0.29) is 0 Å². The van der Waals surface area contributed by atoms with Crippen LogP contribution in [0.25, 0.3) is 11.0 Å². The van der Waals surface area contributed by atoms with Gasteiger partial charge >= 0.3 is 0 Å². The maximum atomic E-state index is 4.66. The molecule has 1 atom stereocenters. The third-order valence-corrected chi connectivity index (χ3v) is 4.13. The average molecular weight is 266 g/mol. The predicted molar refractivity (Wildman–Crippen MR) is 86.3 cm³/mol. The molecule has 2 aromatic carbocycles. The van der Waals surface area contributed by atoms with E-state index in [4.69, 9.17) is 0 Å². The van der Waals surface area contributed by atoms with Gasteiger partial charge < -0.3 is 0 Å². The van der Waals surface area contributed by atoms with Gasteiger partial charge in [0, 0.05) is 4.91 Å². The second-order valence-electron chi connectivity index (χ2n) is 5.44. The lowest BCUT2D eigenvalue weighted by Crippen LogP contribution is -1.89. The van der Waals surface area contributed by atoms with Crippen molar-refractivity contribution in [3.05, 3.63) is 70.8 Å². The summed E-state index contributed by atoms with van der Waals surface area (Å²) in [6.45, 7) is 2.32. The summed E-state index contributed by atoms with van der Waals surface area (Å²) >= 11 is 4.66. The fourth-order valence-corrected chi connectivity index (χ4v) is 3.08. The Balaban J connectivity index is 1.91. The van der Waals surface area contributed by atoms with Crippen LogP contribution in [0.3, 0.4) is 0 Å². The molecule has 3 rings (SSSR count). The molecule has 0 saturated heterocycles. The lowest BCUT2D eigenvalue weighted by atomic mass is 10.0. The summed E-state index contributed by atoms with van der Waals surface area (Å²) in [7, 11) is 0. The van der Waals surface area contributed by atoms with Crippen molar-refractivity contribution in [2.75, 3.05) is 0 Å². The first kappa shape index (κ1) is 12.6. The van der Waals surface area contributed by atoms with Crippen molar-refractivity contribution in [2.24, 2.45) is 5.92 Å². The fraction of sp³-hybridized carbons (Fsp3) is 0.222. The van der Waals surface area contributed by atoms with Crippen LogP contribution in [0.4, 0.5) is 0 Å². The van der Waals surface area contributed by atoms with Crippen molar-refractivity contribution in [3.63, 3.8) is 0 Å². The molecule has 0 aromatic heterocycles. The van der Waals surface area contributed by atoms with Gasteiger partial charge in [-0.3, -0.25) is 0 Å². The highest BCUT2D eigenvalue weighted by Crippen LogP contribution is 2.30. The van der Waals surface area contributed by atoms with E-state index in [1.165, 1.54) is 35.1 Å². The molecule has 0 amide bonds. The van der Waals surface area contributed by atoms with E-state index in [1.54, 1.807) is 0 Å². The highest BCUT2D eigenvalue weighted by Gasteiger charge is 2.17. The van der Waals surface area contributed by atoms with E-state index in [2.05, 4.69) is 68.1 Å². The van der Waals surface area contributed by atoms with E-state index in [9.17, 15) is 0 Å². The molecule has 0 fully saturated rings. The van der Waals surface area contributed by atoms with Crippen LogP contribution in [0.1, 0.15) is 29.2 Å². The number of rotatable bonds is 2. The van der Waals surface area contributed by atoms with Gasteiger partial charge in [0.05, 0.1) is 0 Å². The average Bonchev–Trinajstić information content (AvgIpc) is 2.78. The maximum Gasteiger partial charge on any atom is 0.0119 e. The van der Waals surface area contributed by atoms with Crippen LogP contribution in [0.2, 0.25) is 0 Å². The summed E-state index contributed by atoms with van der Waals surface area (Å²) in [6, 6.07) is 17.1. The SMILES string of the molecule is CC1Cc2ccc(/C(S)=C/c3ccccc3)cc2C1. The monoisotopic (exact) mass is 266 g/mol. The summed E-state index contributed by atoms with van der Waals surface area (Å²) in [4.78, 5) is 1.04.